The highest BCUT2D eigenvalue weighted by Crippen LogP contribution is 2.27. The van der Waals surface area contributed by atoms with Gasteiger partial charge in [0.05, 0.1) is 0 Å². The Morgan fingerprint density at radius 1 is 1.18 bits per heavy atom. The number of nitrogens with zero attached hydrogens (tertiary/aromatic N) is 4. The Morgan fingerprint density at radius 2 is 1.82 bits per heavy atom. The summed E-state index contributed by atoms with van der Waals surface area (Å²) < 4.78 is 1.85. The number of benzene rings is 1. The molecule has 2 aromatic rings. The van der Waals surface area contributed by atoms with Gasteiger partial charge in [-0.2, -0.15) is 5.26 Å². The lowest BCUT2D eigenvalue weighted by Crippen LogP contribution is -2.10. The van der Waals surface area contributed by atoms with E-state index >= 15 is 0 Å². The van der Waals surface area contributed by atoms with Crippen LogP contribution in [-0.4, -0.2) is 15.0 Å². The van der Waals surface area contributed by atoms with Crippen molar-refractivity contribution in [3.8, 4) is 17.3 Å². The predicted octanol–water partition coefficient (Wildman–Crippen LogP) is 4.16. The molecule has 1 aromatic carbocycles. The van der Waals surface area contributed by atoms with Gasteiger partial charge in [-0.3, -0.25) is 0 Å². The number of rotatable bonds is 4. The second kappa shape index (κ2) is 6.31. The van der Waals surface area contributed by atoms with Crippen LogP contribution in [0.1, 0.15) is 52.3 Å². The van der Waals surface area contributed by atoms with Gasteiger partial charge < -0.3 is 0 Å². The third-order valence-corrected chi connectivity index (χ3v) is 3.78. The van der Waals surface area contributed by atoms with Crippen LogP contribution in [0, 0.1) is 17.2 Å². The second-order valence-electron chi connectivity index (χ2n) is 7.13. The molecule has 0 aliphatic carbocycles. The first-order chi connectivity index (χ1) is 10.3. The first-order valence-corrected chi connectivity index (χ1v) is 7.77. The van der Waals surface area contributed by atoms with Crippen LogP contribution in [0.25, 0.3) is 11.3 Å². The molecule has 0 aliphatic rings. The summed E-state index contributed by atoms with van der Waals surface area (Å²) in [6.45, 7) is 11.7. The molecule has 0 atom stereocenters. The molecule has 4 nitrogen and oxygen atoms in total. The summed E-state index contributed by atoms with van der Waals surface area (Å²) in [5, 5.41) is 17.5. The maximum absolute atomic E-state index is 9.29. The molecule has 1 aromatic heterocycles. The summed E-state index contributed by atoms with van der Waals surface area (Å²) in [6.07, 6.45) is 1.02. The minimum atomic E-state index is 0.118. The standard InChI is InChI=1S/C18H24N4/c1-13(2)10-11-22-17(16(12-19)20-21-22)14-6-8-15(9-7-14)18(3,4)5/h6-9,13H,10-11H2,1-5H3. The molecule has 0 aliphatic heterocycles. The van der Waals surface area contributed by atoms with Gasteiger partial charge in [0.15, 0.2) is 5.69 Å². The molecule has 4 heteroatoms. The number of nitriles is 1. The van der Waals surface area contributed by atoms with Crippen molar-refractivity contribution in [1.82, 2.24) is 15.0 Å². The summed E-state index contributed by atoms with van der Waals surface area (Å²) in [4.78, 5) is 0. The lowest BCUT2D eigenvalue weighted by molar-refractivity contribution is 0.481. The topological polar surface area (TPSA) is 54.5 Å². The van der Waals surface area contributed by atoms with E-state index < -0.39 is 0 Å². The quantitative estimate of drug-likeness (QED) is 0.851. The first-order valence-electron chi connectivity index (χ1n) is 7.77. The van der Waals surface area contributed by atoms with Gasteiger partial charge in [-0.1, -0.05) is 64.1 Å². The Morgan fingerprint density at radius 3 is 2.32 bits per heavy atom. The molecule has 1 heterocycles. The number of aryl methyl sites for hydroxylation is 1. The van der Waals surface area contributed by atoms with Gasteiger partial charge in [-0.15, -0.1) is 5.10 Å². The molecule has 0 bridgehead atoms. The first kappa shape index (κ1) is 16.2. The van der Waals surface area contributed by atoms with E-state index in [9.17, 15) is 5.26 Å². The molecule has 0 spiro atoms. The molecule has 0 N–H and O–H groups in total. The van der Waals surface area contributed by atoms with Crippen LogP contribution >= 0.6 is 0 Å². The van der Waals surface area contributed by atoms with Crippen molar-refractivity contribution in [2.75, 3.05) is 0 Å². The fourth-order valence-electron chi connectivity index (χ4n) is 2.34. The smallest absolute Gasteiger partial charge is 0.190 e. The largest absolute Gasteiger partial charge is 0.243 e. The average Bonchev–Trinajstić information content (AvgIpc) is 2.87. The number of hydrogen-bond donors (Lipinski definition) is 0. The third kappa shape index (κ3) is 3.54. The summed E-state index contributed by atoms with van der Waals surface area (Å²) >= 11 is 0. The van der Waals surface area contributed by atoms with E-state index in [1.54, 1.807) is 0 Å². The van der Waals surface area contributed by atoms with Crippen molar-refractivity contribution in [3.63, 3.8) is 0 Å². The Labute approximate surface area is 132 Å². The summed E-state index contributed by atoms with van der Waals surface area (Å²) in [5.74, 6) is 0.589. The highest BCUT2D eigenvalue weighted by molar-refractivity contribution is 5.65. The van der Waals surface area contributed by atoms with Gasteiger partial charge in [0.1, 0.15) is 11.8 Å². The van der Waals surface area contributed by atoms with Gasteiger partial charge in [-0.25, -0.2) is 4.68 Å². The van der Waals surface area contributed by atoms with Crippen molar-refractivity contribution in [2.24, 2.45) is 5.92 Å². The van der Waals surface area contributed by atoms with Gasteiger partial charge in [0, 0.05) is 12.1 Å². The normalized spacial score (nSPS) is 11.7. The molecule has 2 rings (SSSR count). The van der Waals surface area contributed by atoms with Crippen LogP contribution in [0.15, 0.2) is 24.3 Å². The van der Waals surface area contributed by atoms with Crippen LogP contribution in [0.3, 0.4) is 0 Å². The molecule has 0 unspecified atom stereocenters. The highest BCUT2D eigenvalue weighted by Gasteiger charge is 2.17. The Bertz CT molecular complexity index is 667. The fraction of sp³-hybridized carbons (Fsp3) is 0.500. The fourth-order valence-corrected chi connectivity index (χ4v) is 2.34. The van der Waals surface area contributed by atoms with Crippen molar-refractivity contribution in [3.05, 3.63) is 35.5 Å². The Hall–Kier alpha value is -2.15. The van der Waals surface area contributed by atoms with Crippen LogP contribution < -0.4 is 0 Å². The molecular weight excluding hydrogens is 272 g/mol. The highest BCUT2D eigenvalue weighted by atomic mass is 15.4. The molecule has 0 amide bonds. The SMILES string of the molecule is CC(C)CCn1nnc(C#N)c1-c1ccc(C(C)(C)C)cc1. The van der Waals surface area contributed by atoms with Crippen molar-refractivity contribution in [2.45, 2.75) is 53.0 Å². The van der Waals surface area contributed by atoms with E-state index in [2.05, 4.69) is 75.3 Å². The third-order valence-electron chi connectivity index (χ3n) is 3.78. The lowest BCUT2D eigenvalue weighted by Gasteiger charge is -2.19. The van der Waals surface area contributed by atoms with Gasteiger partial charge in [0.25, 0.3) is 0 Å². The predicted molar refractivity (Wildman–Crippen MR) is 88.3 cm³/mol. The zero-order valence-corrected chi connectivity index (χ0v) is 14.1. The molecule has 0 saturated carbocycles. The second-order valence-corrected chi connectivity index (χ2v) is 7.13. The molecule has 0 fully saturated rings. The van der Waals surface area contributed by atoms with E-state index in [1.165, 1.54) is 5.56 Å². The van der Waals surface area contributed by atoms with E-state index in [4.69, 9.17) is 0 Å². The Balaban J connectivity index is 2.38. The van der Waals surface area contributed by atoms with E-state index in [-0.39, 0.29) is 5.41 Å². The maximum atomic E-state index is 9.29. The van der Waals surface area contributed by atoms with Gasteiger partial charge in [0.2, 0.25) is 0 Å². The maximum Gasteiger partial charge on any atom is 0.190 e. The lowest BCUT2D eigenvalue weighted by atomic mass is 9.86. The van der Waals surface area contributed by atoms with Crippen LogP contribution in [0.2, 0.25) is 0 Å². The Kier molecular flexibility index (Phi) is 4.65. The minimum absolute atomic E-state index is 0.118. The summed E-state index contributed by atoms with van der Waals surface area (Å²) in [6, 6.07) is 10.5. The molecule has 116 valence electrons. The molecular formula is C18H24N4. The van der Waals surface area contributed by atoms with Crippen LogP contribution in [0.4, 0.5) is 0 Å². The van der Waals surface area contributed by atoms with Crippen molar-refractivity contribution >= 4 is 0 Å². The van der Waals surface area contributed by atoms with E-state index in [0.717, 1.165) is 24.2 Å². The molecule has 22 heavy (non-hydrogen) atoms. The minimum Gasteiger partial charge on any atom is -0.243 e. The average molecular weight is 296 g/mol. The van der Waals surface area contributed by atoms with Crippen molar-refractivity contribution < 1.29 is 0 Å². The van der Waals surface area contributed by atoms with Crippen LogP contribution in [0.5, 0.6) is 0 Å². The number of hydrogen-bond acceptors (Lipinski definition) is 3. The van der Waals surface area contributed by atoms with Gasteiger partial charge >= 0.3 is 0 Å². The molecule has 0 radical (unpaired) electrons. The van der Waals surface area contributed by atoms with Crippen molar-refractivity contribution in [1.29, 1.82) is 5.26 Å². The summed E-state index contributed by atoms with van der Waals surface area (Å²) in [7, 11) is 0. The summed E-state index contributed by atoms with van der Waals surface area (Å²) in [5.41, 5.74) is 3.61. The zero-order chi connectivity index (χ0) is 16.3. The molecule has 0 saturated heterocycles. The van der Waals surface area contributed by atoms with Crippen LogP contribution in [-0.2, 0) is 12.0 Å². The monoisotopic (exact) mass is 296 g/mol. The van der Waals surface area contributed by atoms with E-state index in [1.807, 2.05) is 4.68 Å². The van der Waals surface area contributed by atoms with Gasteiger partial charge in [-0.05, 0) is 23.3 Å². The zero-order valence-electron chi connectivity index (χ0n) is 14.1. The van der Waals surface area contributed by atoms with E-state index in [0.29, 0.717) is 11.6 Å². The number of aromatic nitrogens is 3.